The van der Waals surface area contributed by atoms with E-state index in [1.807, 2.05) is 65.2 Å². The summed E-state index contributed by atoms with van der Waals surface area (Å²) in [5.74, 6) is 1.14. The average Bonchev–Trinajstić information content (AvgIpc) is 3.72. The van der Waals surface area contributed by atoms with Gasteiger partial charge in [0, 0.05) is 36.8 Å². The van der Waals surface area contributed by atoms with Crippen LogP contribution in [0.2, 0.25) is 0 Å². The number of hydrogen-bond acceptors (Lipinski definition) is 9. The molecule has 1 aliphatic rings. The lowest BCUT2D eigenvalue weighted by molar-refractivity contribution is 0.0273. The number of furan rings is 1. The van der Waals surface area contributed by atoms with E-state index in [-0.39, 0.29) is 25.7 Å². The Morgan fingerprint density at radius 1 is 1.00 bits per heavy atom. The highest BCUT2D eigenvalue weighted by molar-refractivity contribution is 7.53. The number of nitrogens with zero attached hydrogens (tertiary/aromatic N) is 3. The number of fused-ring (bicyclic) bond motifs is 1. The Kier molecular flexibility index (Phi) is 10.8. The summed E-state index contributed by atoms with van der Waals surface area (Å²) in [6.07, 6.45) is 8.29. The third kappa shape index (κ3) is 8.16. The molecule has 2 atom stereocenters. The van der Waals surface area contributed by atoms with Crippen LogP contribution in [0.25, 0.3) is 16.9 Å². The first-order valence-electron chi connectivity index (χ1n) is 15.7. The molecule has 3 aromatic heterocycles. The summed E-state index contributed by atoms with van der Waals surface area (Å²) in [5, 5.41) is 3.36. The number of imidazole rings is 1. The molecule has 1 aliphatic heterocycles. The summed E-state index contributed by atoms with van der Waals surface area (Å²) in [5.41, 5.74) is 5.80. The quantitative estimate of drug-likeness (QED) is 0.0674. The maximum atomic E-state index is 13.5. The zero-order chi connectivity index (χ0) is 32.5. The number of morpholine rings is 1. The Bertz CT molecular complexity index is 1820. The summed E-state index contributed by atoms with van der Waals surface area (Å²) in [6, 6.07) is 22.1. The van der Waals surface area contributed by atoms with E-state index in [2.05, 4.69) is 30.6 Å². The molecule has 2 unspecified atom stereocenters. The molecule has 4 heterocycles. The van der Waals surface area contributed by atoms with Gasteiger partial charge in [-0.25, -0.2) is 9.97 Å². The van der Waals surface area contributed by atoms with Crippen molar-refractivity contribution < 1.29 is 27.5 Å². The van der Waals surface area contributed by atoms with Crippen molar-refractivity contribution in [3.8, 4) is 17.1 Å². The number of hydrogen-bond donors (Lipinski definition) is 1. The Morgan fingerprint density at radius 3 is 2.55 bits per heavy atom. The molecule has 47 heavy (non-hydrogen) atoms. The van der Waals surface area contributed by atoms with Gasteiger partial charge in [-0.1, -0.05) is 72.8 Å². The maximum absolute atomic E-state index is 13.5. The largest absolute Gasteiger partial charge is 0.469 e. The molecule has 0 saturated carbocycles. The van der Waals surface area contributed by atoms with Crippen molar-refractivity contribution in [3.63, 3.8) is 0 Å². The topological polar surface area (TPSA) is 109 Å². The third-order valence-corrected chi connectivity index (χ3v) is 9.59. The Morgan fingerprint density at radius 2 is 1.81 bits per heavy atom. The minimum absolute atomic E-state index is 0.0816. The number of nitrogens with one attached hydrogen (secondary N) is 1. The van der Waals surface area contributed by atoms with Gasteiger partial charge in [-0.15, -0.1) is 13.2 Å². The first kappa shape index (κ1) is 32.6. The minimum Gasteiger partial charge on any atom is -0.469 e. The molecule has 0 bridgehead atoms. The van der Waals surface area contributed by atoms with Crippen LogP contribution >= 0.6 is 7.60 Å². The van der Waals surface area contributed by atoms with E-state index in [1.54, 1.807) is 12.3 Å². The van der Waals surface area contributed by atoms with Crippen LogP contribution in [0.1, 0.15) is 40.8 Å². The molecule has 0 amide bonds. The van der Waals surface area contributed by atoms with Crippen LogP contribution in [-0.4, -0.2) is 53.6 Å². The molecule has 0 aliphatic carbocycles. The van der Waals surface area contributed by atoms with E-state index < -0.39 is 7.60 Å². The smallest absolute Gasteiger partial charge is 0.334 e. The van der Waals surface area contributed by atoms with E-state index >= 15 is 0 Å². The number of aromatic nitrogens is 3. The van der Waals surface area contributed by atoms with Crippen molar-refractivity contribution in [2.24, 2.45) is 0 Å². The number of rotatable bonds is 16. The predicted octanol–water partition coefficient (Wildman–Crippen LogP) is 7.16. The van der Waals surface area contributed by atoms with Gasteiger partial charge in [0.15, 0.2) is 12.4 Å². The number of benzene rings is 2. The Labute approximate surface area is 274 Å². The highest BCUT2D eigenvalue weighted by Crippen LogP contribution is 2.48. The van der Waals surface area contributed by atoms with Crippen molar-refractivity contribution in [1.82, 2.24) is 19.7 Å². The highest BCUT2D eigenvalue weighted by atomic mass is 31.2. The van der Waals surface area contributed by atoms with Crippen LogP contribution in [-0.2, 0) is 31.2 Å². The van der Waals surface area contributed by atoms with Gasteiger partial charge in [0.2, 0.25) is 5.88 Å². The van der Waals surface area contributed by atoms with Crippen LogP contribution in [0, 0.1) is 0 Å². The van der Waals surface area contributed by atoms with Crippen molar-refractivity contribution in [1.29, 1.82) is 0 Å². The lowest BCUT2D eigenvalue weighted by atomic mass is 10.1. The molecule has 244 valence electrons. The molecule has 11 heteroatoms. The molecule has 6 rings (SSSR count). The zero-order valence-corrected chi connectivity index (χ0v) is 27.1. The van der Waals surface area contributed by atoms with Crippen LogP contribution in [0.4, 0.5) is 0 Å². The fraction of sp³-hybridized carbons (Fsp3) is 0.278. The van der Waals surface area contributed by atoms with Crippen molar-refractivity contribution in [2.75, 3.05) is 39.3 Å². The van der Waals surface area contributed by atoms with Crippen LogP contribution in [0.5, 0.6) is 5.88 Å². The lowest BCUT2D eigenvalue weighted by Gasteiger charge is -2.22. The second-order valence-electron chi connectivity index (χ2n) is 11.1. The SMILES string of the molecule is C=CCCP(=O)(OCC=C)OCOc1c(Cc2cc(C3CNCCO3)co2)nc2c(Cc3ccccc3)nc(-c3ccccc3)cn12. The second-order valence-corrected chi connectivity index (χ2v) is 13.3. The molecule has 1 fully saturated rings. The monoisotopic (exact) mass is 654 g/mol. The standard InChI is InChI=1S/C36H39N4O6P/c1-3-5-19-47(41,45-17-4-2)46-26-44-36-32(22-30-21-29(25-43-30)34-23-37-16-18-42-34)39-35-31(20-27-12-8-6-9-13-27)38-33(24-40(35)36)28-14-10-7-11-15-28/h3-4,6-15,21,24-25,34,37H,1-2,5,16-20,22-23,26H2. The zero-order valence-electron chi connectivity index (χ0n) is 26.3. The van der Waals surface area contributed by atoms with Crippen molar-refractivity contribution in [3.05, 3.63) is 133 Å². The lowest BCUT2D eigenvalue weighted by Crippen LogP contribution is -2.33. The van der Waals surface area contributed by atoms with E-state index in [0.717, 1.165) is 41.2 Å². The summed E-state index contributed by atoms with van der Waals surface area (Å²) in [4.78, 5) is 10.1. The van der Waals surface area contributed by atoms with Gasteiger partial charge in [0.25, 0.3) is 0 Å². The van der Waals surface area contributed by atoms with Crippen molar-refractivity contribution >= 4 is 13.2 Å². The summed E-state index contributed by atoms with van der Waals surface area (Å²) < 4.78 is 44.9. The van der Waals surface area contributed by atoms with E-state index in [9.17, 15) is 4.57 Å². The van der Waals surface area contributed by atoms with E-state index in [1.165, 1.54) is 6.08 Å². The molecular weight excluding hydrogens is 615 g/mol. The molecule has 0 radical (unpaired) electrons. The maximum Gasteiger partial charge on any atom is 0.334 e. The fourth-order valence-corrected chi connectivity index (χ4v) is 6.78. The first-order chi connectivity index (χ1) is 23.0. The van der Waals surface area contributed by atoms with Crippen molar-refractivity contribution in [2.45, 2.75) is 25.4 Å². The van der Waals surface area contributed by atoms with Gasteiger partial charge in [-0.05, 0) is 18.1 Å². The Hall–Kier alpha value is -4.31. The molecule has 1 saturated heterocycles. The van der Waals surface area contributed by atoms with Gasteiger partial charge in [-0.2, -0.15) is 0 Å². The van der Waals surface area contributed by atoms with E-state index in [0.29, 0.717) is 48.9 Å². The first-order valence-corrected chi connectivity index (χ1v) is 17.4. The molecule has 5 aromatic rings. The number of ether oxygens (including phenoxy) is 2. The molecule has 1 N–H and O–H groups in total. The van der Waals surface area contributed by atoms with Crippen LogP contribution < -0.4 is 10.1 Å². The fourth-order valence-electron chi connectivity index (χ4n) is 5.41. The molecule has 10 nitrogen and oxygen atoms in total. The molecule has 2 aromatic carbocycles. The predicted molar refractivity (Wildman–Crippen MR) is 181 cm³/mol. The van der Waals surface area contributed by atoms with Crippen LogP contribution in [0.3, 0.4) is 0 Å². The van der Waals surface area contributed by atoms with E-state index in [4.69, 9.17) is 32.9 Å². The molecular formula is C36H39N4O6P. The van der Waals surface area contributed by atoms with Crippen LogP contribution in [0.15, 0.2) is 109 Å². The second kappa shape index (κ2) is 15.5. The number of allylic oxidation sites excluding steroid dienone is 1. The summed E-state index contributed by atoms with van der Waals surface area (Å²) in [6.45, 7) is 9.35. The Balaban J connectivity index is 1.39. The van der Waals surface area contributed by atoms with Gasteiger partial charge in [0.05, 0.1) is 49.6 Å². The molecule has 0 spiro atoms. The van der Waals surface area contributed by atoms with Gasteiger partial charge in [-0.3, -0.25) is 13.5 Å². The average molecular weight is 655 g/mol. The normalized spacial score (nSPS) is 16.1. The van der Waals surface area contributed by atoms with Gasteiger partial charge in [0.1, 0.15) is 11.5 Å². The highest BCUT2D eigenvalue weighted by Gasteiger charge is 2.26. The third-order valence-electron chi connectivity index (χ3n) is 7.74. The summed E-state index contributed by atoms with van der Waals surface area (Å²) >= 11 is 0. The summed E-state index contributed by atoms with van der Waals surface area (Å²) in [7, 11) is -3.49. The van der Waals surface area contributed by atoms with Gasteiger partial charge < -0.3 is 23.7 Å². The van der Waals surface area contributed by atoms with Gasteiger partial charge >= 0.3 is 7.60 Å². The minimum atomic E-state index is -3.49.